The summed E-state index contributed by atoms with van der Waals surface area (Å²) in [6.45, 7) is 1.52. The van der Waals surface area contributed by atoms with Gasteiger partial charge in [0.25, 0.3) is 0 Å². The van der Waals surface area contributed by atoms with E-state index in [9.17, 15) is 9.18 Å². The second-order valence-electron chi connectivity index (χ2n) is 7.10. The van der Waals surface area contributed by atoms with E-state index < -0.39 is 0 Å². The molecule has 1 atom stereocenters. The smallest absolute Gasteiger partial charge is 0.237 e. The molecule has 4 rings (SSSR count). The van der Waals surface area contributed by atoms with Crippen LogP contribution in [-0.4, -0.2) is 34.8 Å². The first-order valence-corrected chi connectivity index (χ1v) is 10.4. The first-order valence-electron chi connectivity index (χ1n) is 9.13. The molecule has 1 amide bonds. The van der Waals surface area contributed by atoms with E-state index in [-0.39, 0.29) is 17.8 Å². The highest BCUT2D eigenvalue weighted by atomic mass is 35.5. The predicted molar refractivity (Wildman–Crippen MR) is 103 cm³/mol. The summed E-state index contributed by atoms with van der Waals surface area (Å²) in [7, 11) is 0. The van der Waals surface area contributed by atoms with E-state index in [0.29, 0.717) is 29.7 Å². The molecule has 0 N–H and O–H groups in total. The Morgan fingerprint density at radius 1 is 1.27 bits per heavy atom. The van der Waals surface area contributed by atoms with Gasteiger partial charge in [0.15, 0.2) is 0 Å². The van der Waals surface area contributed by atoms with Gasteiger partial charge in [-0.15, -0.1) is 11.3 Å². The van der Waals surface area contributed by atoms with Gasteiger partial charge in [-0.1, -0.05) is 23.7 Å². The van der Waals surface area contributed by atoms with Crippen molar-refractivity contribution in [2.45, 2.75) is 44.3 Å². The third-order valence-electron chi connectivity index (χ3n) is 5.27. The molecule has 26 heavy (non-hydrogen) atoms. The number of hydrogen-bond acceptors (Lipinski definition) is 3. The largest absolute Gasteiger partial charge is 0.334 e. The van der Waals surface area contributed by atoms with Crippen molar-refractivity contribution in [3.8, 4) is 0 Å². The van der Waals surface area contributed by atoms with Crippen LogP contribution in [0, 0.1) is 5.82 Å². The number of carbonyl (C=O) groups excluding carboxylic acids is 1. The minimum absolute atomic E-state index is 0.139. The molecular weight excluding hydrogens is 371 g/mol. The van der Waals surface area contributed by atoms with Gasteiger partial charge in [-0.2, -0.15) is 0 Å². The fourth-order valence-electron chi connectivity index (χ4n) is 3.75. The van der Waals surface area contributed by atoms with E-state index in [1.165, 1.54) is 10.9 Å². The fraction of sp³-hybridized carbons (Fsp3) is 0.450. The lowest BCUT2D eigenvalue weighted by molar-refractivity contribution is -0.133. The van der Waals surface area contributed by atoms with Crippen LogP contribution in [0.2, 0.25) is 5.02 Å². The molecule has 1 aromatic heterocycles. The topological polar surface area (TPSA) is 23.6 Å². The van der Waals surface area contributed by atoms with E-state index >= 15 is 0 Å². The molecule has 1 aliphatic heterocycles. The summed E-state index contributed by atoms with van der Waals surface area (Å²) in [5.74, 6) is -0.159. The normalized spacial score (nSPS) is 20.1. The molecule has 0 bridgehead atoms. The molecule has 1 aromatic carbocycles. The third-order valence-corrected chi connectivity index (χ3v) is 6.60. The van der Waals surface area contributed by atoms with Crippen LogP contribution in [0.3, 0.4) is 0 Å². The van der Waals surface area contributed by atoms with Crippen LogP contribution < -0.4 is 0 Å². The lowest BCUT2D eigenvalue weighted by Crippen LogP contribution is -2.40. The summed E-state index contributed by atoms with van der Waals surface area (Å²) < 4.78 is 14.2. The Kier molecular flexibility index (Phi) is 5.30. The van der Waals surface area contributed by atoms with Gasteiger partial charge in [-0.05, 0) is 49.3 Å². The Morgan fingerprint density at radius 2 is 2.12 bits per heavy atom. The van der Waals surface area contributed by atoms with Gasteiger partial charge >= 0.3 is 0 Å². The first kappa shape index (κ1) is 18.0. The molecule has 1 saturated heterocycles. The Hall–Kier alpha value is -1.43. The highest BCUT2D eigenvalue weighted by Gasteiger charge is 2.35. The molecule has 0 radical (unpaired) electrons. The highest BCUT2D eigenvalue weighted by Crippen LogP contribution is 2.36. The first-order chi connectivity index (χ1) is 12.6. The van der Waals surface area contributed by atoms with Gasteiger partial charge in [-0.3, -0.25) is 9.69 Å². The third kappa shape index (κ3) is 3.80. The quantitative estimate of drug-likeness (QED) is 0.700. The highest BCUT2D eigenvalue weighted by molar-refractivity contribution is 7.10. The molecule has 1 unspecified atom stereocenters. The summed E-state index contributed by atoms with van der Waals surface area (Å²) in [4.78, 5) is 18.4. The summed E-state index contributed by atoms with van der Waals surface area (Å²) >= 11 is 7.90. The van der Waals surface area contributed by atoms with Crippen LogP contribution in [0.5, 0.6) is 0 Å². The van der Waals surface area contributed by atoms with Gasteiger partial charge in [0.2, 0.25) is 5.91 Å². The van der Waals surface area contributed by atoms with Crippen molar-refractivity contribution in [2.24, 2.45) is 0 Å². The average molecular weight is 393 g/mol. The van der Waals surface area contributed by atoms with Crippen molar-refractivity contribution in [3.05, 3.63) is 57.0 Å². The monoisotopic (exact) mass is 392 g/mol. The van der Waals surface area contributed by atoms with Crippen LogP contribution in [0.4, 0.5) is 4.39 Å². The maximum Gasteiger partial charge on any atom is 0.237 e. The van der Waals surface area contributed by atoms with Crippen molar-refractivity contribution in [3.63, 3.8) is 0 Å². The molecular formula is C20H22ClFN2OS. The predicted octanol–water partition coefficient (Wildman–Crippen LogP) is 4.87. The zero-order valence-corrected chi connectivity index (χ0v) is 16.1. The van der Waals surface area contributed by atoms with Crippen molar-refractivity contribution in [1.29, 1.82) is 0 Å². The molecule has 138 valence electrons. The molecule has 2 fully saturated rings. The van der Waals surface area contributed by atoms with Gasteiger partial charge in [-0.25, -0.2) is 4.39 Å². The van der Waals surface area contributed by atoms with Crippen molar-refractivity contribution >= 4 is 28.8 Å². The van der Waals surface area contributed by atoms with E-state index in [2.05, 4.69) is 16.3 Å². The fourth-order valence-corrected chi connectivity index (χ4v) is 4.84. The van der Waals surface area contributed by atoms with Gasteiger partial charge in [0.1, 0.15) is 5.82 Å². The maximum atomic E-state index is 14.2. The minimum Gasteiger partial charge on any atom is -0.334 e. The van der Waals surface area contributed by atoms with E-state index in [1.54, 1.807) is 23.5 Å². The molecule has 2 heterocycles. The van der Waals surface area contributed by atoms with E-state index in [1.807, 2.05) is 11.0 Å². The Morgan fingerprint density at radius 3 is 2.81 bits per heavy atom. The summed E-state index contributed by atoms with van der Waals surface area (Å²) in [6, 6.07) is 9.46. The Labute approximate surface area is 162 Å². The van der Waals surface area contributed by atoms with Gasteiger partial charge < -0.3 is 4.90 Å². The lowest BCUT2D eigenvalue weighted by atomic mass is 10.1. The number of rotatable bonds is 6. The van der Waals surface area contributed by atoms with Crippen molar-refractivity contribution in [2.75, 3.05) is 13.1 Å². The molecule has 1 aliphatic carbocycles. The van der Waals surface area contributed by atoms with Crippen LogP contribution in [0.15, 0.2) is 35.7 Å². The molecule has 6 heteroatoms. The maximum absolute atomic E-state index is 14.2. The van der Waals surface area contributed by atoms with Crippen LogP contribution in [0.1, 0.15) is 42.2 Å². The van der Waals surface area contributed by atoms with Crippen LogP contribution in [0.25, 0.3) is 0 Å². The Balaban J connectivity index is 1.47. The summed E-state index contributed by atoms with van der Waals surface area (Å²) in [5, 5.41) is 2.49. The average Bonchev–Trinajstić information content (AvgIpc) is 3.11. The van der Waals surface area contributed by atoms with Crippen LogP contribution in [-0.2, 0) is 11.3 Å². The zero-order chi connectivity index (χ0) is 18.1. The Bertz CT molecular complexity index is 758. The van der Waals surface area contributed by atoms with Crippen LogP contribution >= 0.6 is 22.9 Å². The number of amides is 1. The van der Waals surface area contributed by atoms with Crippen molar-refractivity contribution < 1.29 is 9.18 Å². The minimum atomic E-state index is -0.298. The zero-order valence-electron chi connectivity index (χ0n) is 14.5. The van der Waals surface area contributed by atoms with E-state index in [0.717, 1.165) is 32.2 Å². The standard InChI is InChI=1S/C20H22ClFN2OS/c21-16-4-1-5-17(22)15(16)12-23(14-8-9-14)13-20(25)24-10-2-6-18(24)19-7-3-11-26-19/h1,3-5,7,11,14,18H,2,6,8-10,12-13H2. The number of thiophene rings is 1. The van der Waals surface area contributed by atoms with Gasteiger partial charge in [0, 0.05) is 34.6 Å². The number of hydrogen-bond donors (Lipinski definition) is 0. The number of benzene rings is 1. The SMILES string of the molecule is O=C(CN(Cc1c(F)cccc1Cl)C1CC1)N1CCCC1c1cccs1. The molecule has 2 aliphatic rings. The molecule has 0 spiro atoms. The molecule has 3 nitrogen and oxygen atoms in total. The van der Waals surface area contributed by atoms with E-state index in [4.69, 9.17) is 11.6 Å². The summed E-state index contributed by atoms with van der Waals surface area (Å²) in [5.41, 5.74) is 0.491. The van der Waals surface area contributed by atoms with Gasteiger partial charge in [0.05, 0.1) is 12.6 Å². The second kappa shape index (κ2) is 7.67. The molecule has 1 saturated carbocycles. The van der Waals surface area contributed by atoms with Crippen molar-refractivity contribution in [1.82, 2.24) is 9.80 Å². The second-order valence-corrected chi connectivity index (χ2v) is 8.48. The summed E-state index contributed by atoms with van der Waals surface area (Å²) in [6.07, 6.45) is 4.19. The lowest BCUT2D eigenvalue weighted by Gasteiger charge is -2.28. The molecule has 2 aromatic rings. The number of halogens is 2. The number of nitrogens with zero attached hydrogens (tertiary/aromatic N) is 2. The number of carbonyl (C=O) groups is 1. The number of likely N-dealkylation sites (tertiary alicyclic amines) is 1.